The van der Waals surface area contributed by atoms with E-state index in [2.05, 4.69) is 26.0 Å². The fourth-order valence-corrected chi connectivity index (χ4v) is 7.16. The van der Waals surface area contributed by atoms with E-state index in [0.717, 1.165) is 44.9 Å². The van der Waals surface area contributed by atoms with Gasteiger partial charge in [-0.2, -0.15) is 5.26 Å². The lowest BCUT2D eigenvalue weighted by Crippen LogP contribution is -2.54. The van der Waals surface area contributed by atoms with E-state index in [1.54, 1.807) is 0 Å². The van der Waals surface area contributed by atoms with E-state index >= 15 is 0 Å². The zero-order valence-electron chi connectivity index (χ0n) is 16.3. The van der Waals surface area contributed by atoms with Gasteiger partial charge in [-0.1, -0.05) is 25.5 Å². The minimum Gasteiger partial charge on any atom is -0.462 e. The zero-order chi connectivity index (χ0) is 18.7. The van der Waals surface area contributed by atoms with Crippen molar-refractivity contribution in [3.05, 3.63) is 11.6 Å². The van der Waals surface area contributed by atoms with Gasteiger partial charge in [0, 0.05) is 18.8 Å². The Morgan fingerprint density at radius 3 is 2.65 bits per heavy atom. The maximum Gasteiger partial charge on any atom is 0.302 e. The summed E-state index contributed by atoms with van der Waals surface area (Å²) in [5.74, 6) is 1.45. The number of hydrogen-bond acceptors (Lipinski definition) is 4. The quantitative estimate of drug-likeness (QED) is 0.435. The van der Waals surface area contributed by atoms with Gasteiger partial charge in [0.25, 0.3) is 0 Å². The summed E-state index contributed by atoms with van der Waals surface area (Å²) in [4.78, 5) is 11.3. The summed E-state index contributed by atoms with van der Waals surface area (Å²) in [7, 11) is 0. The topological polar surface area (TPSA) is 70.3 Å². The molecule has 0 bridgehead atoms. The highest BCUT2D eigenvalue weighted by Crippen LogP contribution is 2.67. The smallest absolute Gasteiger partial charge is 0.302 e. The molecule has 0 aliphatic heterocycles. The van der Waals surface area contributed by atoms with Crippen molar-refractivity contribution < 1.29 is 14.6 Å². The van der Waals surface area contributed by atoms with E-state index in [4.69, 9.17) is 4.74 Å². The van der Waals surface area contributed by atoms with Gasteiger partial charge in [0.15, 0.2) is 5.60 Å². The maximum absolute atomic E-state index is 11.3. The van der Waals surface area contributed by atoms with E-state index in [-0.39, 0.29) is 22.9 Å². The van der Waals surface area contributed by atoms with Gasteiger partial charge in [-0.15, -0.1) is 0 Å². The van der Waals surface area contributed by atoms with Gasteiger partial charge in [0.05, 0.1) is 6.07 Å². The van der Waals surface area contributed by atoms with Gasteiger partial charge < -0.3 is 9.84 Å². The van der Waals surface area contributed by atoms with Crippen LogP contribution < -0.4 is 0 Å². The van der Waals surface area contributed by atoms with E-state index < -0.39 is 5.60 Å². The van der Waals surface area contributed by atoms with Crippen molar-refractivity contribution in [2.24, 2.45) is 28.6 Å². The zero-order valence-corrected chi connectivity index (χ0v) is 16.3. The van der Waals surface area contributed by atoms with Crippen LogP contribution in [0.5, 0.6) is 0 Å². The van der Waals surface area contributed by atoms with E-state index in [0.29, 0.717) is 24.2 Å². The van der Waals surface area contributed by atoms with Gasteiger partial charge >= 0.3 is 5.97 Å². The van der Waals surface area contributed by atoms with Crippen LogP contribution in [0, 0.1) is 39.9 Å². The minimum atomic E-state index is -1.15. The second-order valence-corrected chi connectivity index (χ2v) is 9.70. The number of carbonyl (C=O) groups excluding carboxylic acids is 1. The third-order valence-corrected chi connectivity index (χ3v) is 8.73. The van der Waals surface area contributed by atoms with E-state index in [9.17, 15) is 15.2 Å². The average Bonchev–Trinajstić information content (AvgIpc) is 2.87. The van der Waals surface area contributed by atoms with E-state index in [1.165, 1.54) is 12.5 Å². The molecule has 4 nitrogen and oxygen atoms in total. The Balaban J connectivity index is 1.61. The van der Waals surface area contributed by atoms with Crippen molar-refractivity contribution in [3.8, 4) is 6.07 Å². The van der Waals surface area contributed by atoms with Crippen LogP contribution in [0.2, 0.25) is 0 Å². The summed E-state index contributed by atoms with van der Waals surface area (Å²) < 4.78 is 5.50. The highest BCUT2D eigenvalue weighted by atomic mass is 16.5. The average molecular weight is 357 g/mol. The fourth-order valence-electron chi connectivity index (χ4n) is 7.16. The second-order valence-electron chi connectivity index (χ2n) is 9.70. The Hall–Kier alpha value is -1.34. The number of nitriles is 1. The van der Waals surface area contributed by atoms with Crippen LogP contribution in [-0.4, -0.2) is 22.8 Å². The lowest BCUT2D eigenvalue weighted by molar-refractivity contribution is -0.149. The summed E-state index contributed by atoms with van der Waals surface area (Å²) in [6, 6.07) is 2.26. The molecule has 0 radical (unpaired) electrons. The SMILES string of the molecule is CC(=O)OC1CCC2(C)C(=CCC3C2CCC2(C)C3CCC2(O)C#N)C1. The number of esters is 1. The van der Waals surface area contributed by atoms with Crippen LogP contribution in [0.3, 0.4) is 0 Å². The fraction of sp³-hybridized carbons (Fsp3) is 0.818. The molecular formula is C22H31NO3. The highest BCUT2D eigenvalue weighted by molar-refractivity contribution is 5.66. The molecule has 4 aliphatic carbocycles. The molecular weight excluding hydrogens is 326 g/mol. The number of carbonyl (C=O) groups is 1. The normalized spacial score (nSPS) is 49.9. The molecule has 0 saturated heterocycles. The summed E-state index contributed by atoms with van der Waals surface area (Å²) >= 11 is 0. The first-order valence-corrected chi connectivity index (χ1v) is 10.2. The third kappa shape index (κ3) is 2.32. The molecule has 0 aromatic heterocycles. The molecule has 142 valence electrons. The molecule has 4 aliphatic rings. The molecule has 3 saturated carbocycles. The molecule has 0 heterocycles. The van der Waals surface area contributed by atoms with Crippen molar-refractivity contribution in [1.82, 2.24) is 0 Å². The first-order chi connectivity index (χ1) is 12.2. The van der Waals surface area contributed by atoms with Crippen molar-refractivity contribution in [1.29, 1.82) is 5.26 Å². The van der Waals surface area contributed by atoms with Gasteiger partial charge in [-0.3, -0.25) is 4.79 Å². The molecule has 7 unspecified atom stereocenters. The summed E-state index contributed by atoms with van der Waals surface area (Å²) in [6.07, 6.45) is 10.0. The van der Waals surface area contributed by atoms with Gasteiger partial charge in [0.2, 0.25) is 0 Å². The van der Waals surface area contributed by atoms with Crippen LogP contribution >= 0.6 is 0 Å². The Kier molecular flexibility index (Phi) is 4.04. The first kappa shape index (κ1) is 18.0. The number of aliphatic hydroxyl groups is 1. The molecule has 0 spiro atoms. The van der Waals surface area contributed by atoms with Crippen LogP contribution in [0.1, 0.15) is 72.1 Å². The third-order valence-electron chi connectivity index (χ3n) is 8.73. The van der Waals surface area contributed by atoms with Crippen LogP contribution in [0.25, 0.3) is 0 Å². The minimum absolute atomic E-state index is 0.0346. The molecule has 1 N–H and O–H groups in total. The standard InChI is InChI=1S/C22H31NO3/c1-14(24)26-16-6-9-20(2)15(12-16)4-5-17-18(20)7-10-21(3)19(17)8-11-22(21,25)13-23/h4,16-19,25H,5-12H2,1-3H3. The molecule has 0 amide bonds. The molecule has 3 fully saturated rings. The van der Waals surface area contributed by atoms with Crippen molar-refractivity contribution in [2.75, 3.05) is 0 Å². The summed E-state index contributed by atoms with van der Waals surface area (Å²) in [5, 5.41) is 20.5. The van der Waals surface area contributed by atoms with Crippen LogP contribution in [0.4, 0.5) is 0 Å². The Bertz CT molecular complexity index is 694. The number of ether oxygens (including phenoxy) is 1. The Labute approximate surface area is 156 Å². The lowest BCUT2D eigenvalue weighted by Gasteiger charge is -2.58. The molecule has 4 heteroatoms. The number of allylic oxidation sites excluding steroid dienone is 1. The monoisotopic (exact) mass is 357 g/mol. The molecule has 7 atom stereocenters. The number of fused-ring (bicyclic) bond motifs is 5. The predicted octanol–water partition coefficient (Wildman–Crippen LogP) is 4.14. The largest absolute Gasteiger partial charge is 0.462 e. The predicted molar refractivity (Wildman–Crippen MR) is 97.8 cm³/mol. The number of hydrogen-bond donors (Lipinski definition) is 1. The maximum atomic E-state index is 11.3. The van der Waals surface area contributed by atoms with Crippen LogP contribution in [-0.2, 0) is 9.53 Å². The lowest BCUT2D eigenvalue weighted by atomic mass is 9.47. The van der Waals surface area contributed by atoms with Crippen molar-refractivity contribution >= 4 is 5.97 Å². The van der Waals surface area contributed by atoms with Gasteiger partial charge in [0.1, 0.15) is 6.10 Å². The molecule has 4 rings (SSSR count). The molecule has 0 aromatic rings. The van der Waals surface area contributed by atoms with Gasteiger partial charge in [-0.25, -0.2) is 0 Å². The van der Waals surface area contributed by atoms with Gasteiger partial charge in [-0.05, 0) is 68.1 Å². The molecule has 0 aromatic carbocycles. The highest BCUT2D eigenvalue weighted by Gasteiger charge is 2.64. The summed E-state index contributed by atoms with van der Waals surface area (Å²) in [6.45, 7) is 6.06. The van der Waals surface area contributed by atoms with Crippen LogP contribution in [0.15, 0.2) is 11.6 Å². The summed E-state index contributed by atoms with van der Waals surface area (Å²) in [5.41, 5.74) is 0.252. The second kappa shape index (κ2) is 5.83. The Morgan fingerprint density at radius 2 is 1.96 bits per heavy atom. The van der Waals surface area contributed by atoms with Crippen molar-refractivity contribution in [3.63, 3.8) is 0 Å². The van der Waals surface area contributed by atoms with Crippen molar-refractivity contribution in [2.45, 2.75) is 83.8 Å². The van der Waals surface area contributed by atoms with E-state index in [1.807, 2.05) is 0 Å². The number of rotatable bonds is 1. The Morgan fingerprint density at radius 1 is 1.23 bits per heavy atom. The first-order valence-electron chi connectivity index (χ1n) is 10.2. The molecule has 26 heavy (non-hydrogen) atoms. The number of nitrogens with zero attached hydrogens (tertiary/aromatic N) is 1.